The highest BCUT2D eigenvalue weighted by molar-refractivity contribution is 9.10. The number of hydrogen-bond donors (Lipinski definition) is 1. The van der Waals surface area contributed by atoms with Gasteiger partial charge in [0.2, 0.25) is 0 Å². The van der Waals surface area contributed by atoms with E-state index in [2.05, 4.69) is 26.0 Å². The smallest absolute Gasteiger partial charge is 0.337 e. The molecule has 0 amide bonds. The number of halogens is 2. The zero-order chi connectivity index (χ0) is 13.8. The molecule has 0 atom stereocenters. The van der Waals surface area contributed by atoms with Crippen molar-refractivity contribution in [1.29, 1.82) is 0 Å². The summed E-state index contributed by atoms with van der Waals surface area (Å²) in [6.45, 7) is 0.486. The average Bonchev–Trinajstić information content (AvgIpc) is 2.82. The molecule has 0 saturated heterocycles. The lowest BCUT2D eigenvalue weighted by Gasteiger charge is -2.08. The molecule has 0 aliphatic rings. The van der Waals surface area contributed by atoms with Crippen LogP contribution in [0.2, 0.25) is 0 Å². The molecule has 0 aliphatic carbocycles. The van der Waals surface area contributed by atoms with Crippen LogP contribution in [0.4, 0.5) is 10.1 Å². The van der Waals surface area contributed by atoms with E-state index >= 15 is 0 Å². The zero-order valence-electron chi connectivity index (χ0n) is 10.1. The molecule has 2 aromatic rings. The molecule has 1 aromatic heterocycles. The van der Waals surface area contributed by atoms with Crippen LogP contribution in [0.25, 0.3) is 0 Å². The number of hydrogen-bond acceptors (Lipinski definition) is 4. The molecule has 0 spiro atoms. The molecule has 1 heterocycles. The van der Waals surface area contributed by atoms with Gasteiger partial charge in [0, 0.05) is 9.35 Å². The Balaban J connectivity index is 2.15. The monoisotopic (exact) mass is 343 g/mol. The summed E-state index contributed by atoms with van der Waals surface area (Å²) in [5.74, 6) is -0.888. The third-order valence-electron chi connectivity index (χ3n) is 2.52. The van der Waals surface area contributed by atoms with Crippen molar-refractivity contribution in [2.24, 2.45) is 0 Å². The maximum absolute atomic E-state index is 13.6. The second-order valence-corrected chi connectivity index (χ2v) is 5.59. The number of esters is 1. The van der Waals surface area contributed by atoms with Crippen LogP contribution in [0.1, 0.15) is 15.2 Å². The molecule has 0 fully saturated rings. The number of ether oxygens (including phenoxy) is 1. The van der Waals surface area contributed by atoms with Gasteiger partial charge in [0.15, 0.2) is 0 Å². The van der Waals surface area contributed by atoms with Crippen molar-refractivity contribution in [3.63, 3.8) is 0 Å². The summed E-state index contributed by atoms with van der Waals surface area (Å²) in [5.41, 5.74) is 0.597. The second-order valence-electron chi connectivity index (χ2n) is 3.73. The molecular weight excluding hydrogens is 333 g/mol. The lowest BCUT2D eigenvalue weighted by molar-refractivity contribution is 0.0600. The van der Waals surface area contributed by atoms with Gasteiger partial charge in [-0.25, -0.2) is 9.18 Å². The minimum atomic E-state index is -0.486. The second kappa shape index (κ2) is 6.16. The molecule has 1 N–H and O–H groups in total. The molecule has 0 aliphatic heterocycles. The summed E-state index contributed by atoms with van der Waals surface area (Å²) >= 11 is 4.98. The molecule has 6 heteroatoms. The molecule has 3 nitrogen and oxygen atoms in total. The number of carbonyl (C=O) groups is 1. The molecule has 100 valence electrons. The van der Waals surface area contributed by atoms with Gasteiger partial charge in [0.1, 0.15) is 5.82 Å². The predicted octanol–water partition coefficient (Wildman–Crippen LogP) is 4.05. The third-order valence-corrected chi connectivity index (χ3v) is 4.44. The summed E-state index contributed by atoms with van der Waals surface area (Å²) < 4.78 is 19.2. The summed E-state index contributed by atoms with van der Waals surface area (Å²) in [5, 5.41) is 4.92. The summed E-state index contributed by atoms with van der Waals surface area (Å²) in [6.07, 6.45) is 0. The Morgan fingerprint density at radius 2 is 2.26 bits per heavy atom. The highest BCUT2D eigenvalue weighted by Crippen LogP contribution is 2.24. The van der Waals surface area contributed by atoms with Gasteiger partial charge in [-0.1, -0.05) is 0 Å². The van der Waals surface area contributed by atoms with Crippen LogP contribution >= 0.6 is 27.3 Å². The Kier molecular flexibility index (Phi) is 4.55. The van der Waals surface area contributed by atoms with E-state index in [9.17, 15) is 9.18 Å². The maximum atomic E-state index is 13.6. The van der Waals surface area contributed by atoms with E-state index in [0.29, 0.717) is 12.1 Å². The van der Waals surface area contributed by atoms with E-state index in [-0.39, 0.29) is 5.69 Å². The largest absolute Gasteiger partial charge is 0.465 e. The van der Waals surface area contributed by atoms with Crippen molar-refractivity contribution in [2.75, 3.05) is 12.4 Å². The van der Waals surface area contributed by atoms with Gasteiger partial charge in [-0.05, 0) is 45.6 Å². The van der Waals surface area contributed by atoms with E-state index in [4.69, 9.17) is 0 Å². The minimum Gasteiger partial charge on any atom is -0.465 e. The predicted molar refractivity (Wildman–Crippen MR) is 77.1 cm³/mol. The van der Waals surface area contributed by atoms with Gasteiger partial charge >= 0.3 is 5.97 Å². The first kappa shape index (κ1) is 14.0. The van der Waals surface area contributed by atoms with Crippen molar-refractivity contribution in [2.45, 2.75) is 6.54 Å². The first-order valence-electron chi connectivity index (χ1n) is 5.45. The number of carbonyl (C=O) groups excluding carboxylic acids is 1. The molecule has 2 rings (SSSR count). The SMILES string of the molecule is COC(=O)c1ccc(F)c(NCc2sccc2Br)c1. The van der Waals surface area contributed by atoms with E-state index in [0.717, 1.165) is 9.35 Å². The molecule has 0 bridgehead atoms. The fraction of sp³-hybridized carbons (Fsp3) is 0.154. The Labute approximate surface area is 122 Å². The molecule has 0 unspecified atom stereocenters. The Morgan fingerprint density at radius 3 is 2.89 bits per heavy atom. The number of thiophene rings is 1. The van der Waals surface area contributed by atoms with Gasteiger partial charge in [0.25, 0.3) is 0 Å². The van der Waals surface area contributed by atoms with Crippen molar-refractivity contribution in [3.8, 4) is 0 Å². The Morgan fingerprint density at radius 1 is 1.47 bits per heavy atom. The number of anilines is 1. The van der Waals surface area contributed by atoms with Crippen LogP contribution in [0.3, 0.4) is 0 Å². The number of methoxy groups -OCH3 is 1. The first-order valence-corrected chi connectivity index (χ1v) is 7.12. The van der Waals surface area contributed by atoms with Gasteiger partial charge < -0.3 is 10.1 Å². The van der Waals surface area contributed by atoms with Crippen LogP contribution in [0.15, 0.2) is 34.1 Å². The quantitative estimate of drug-likeness (QED) is 0.851. The van der Waals surface area contributed by atoms with E-state index < -0.39 is 11.8 Å². The number of benzene rings is 1. The average molecular weight is 344 g/mol. The first-order chi connectivity index (χ1) is 9.11. The maximum Gasteiger partial charge on any atom is 0.337 e. The summed E-state index contributed by atoms with van der Waals surface area (Å²) in [4.78, 5) is 12.4. The Bertz CT molecular complexity index is 600. The van der Waals surface area contributed by atoms with E-state index in [1.165, 1.54) is 25.3 Å². The Hall–Kier alpha value is -1.40. The standard InChI is InChI=1S/C13H11BrFNO2S/c1-18-13(17)8-2-3-10(15)11(6-8)16-7-12-9(14)4-5-19-12/h2-6,16H,7H2,1H3. The summed E-state index contributed by atoms with van der Waals surface area (Å²) in [7, 11) is 1.29. The zero-order valence-corrected chi connectivity index (χ0v) is 12.5. The van der Waals surface area contributed by atoms with Crippen LogP contribution < -0.4 is 5.32 Å². The summed E-state index contributed by atoms with van der Waals surface area (Å²) in [6, 6.07) is 6.02. The van der Waals surface area contributed by atoms with Gasteiger partial charge in [0.05, 0.1) is 24.9 Å². The van der Waals surface area contributed by atoms with Gasteiger partial charge in [-0.2, -0.15) is 0 Å². The lowest BCUT2D eigenvalue weighted by Crippen LogP contribution is -2.05. The van der Waals surface area contributed by atoms with Crippen LogP contribution in [-0.4, -0.2) is 13.1 Å². The van der Waals surface area contributed by atoms with E-state index in [1.54, 1.807) is 11.3 Å². The fourth-order valence-electron chi connectivity index (χ4n) is 1.53. The fourth-order valence-corrected chi connectivity index (χ4v) is 2.96. The highest BCUT2D eigenvalue weighted by atomic mass is 79.9. The van der Waals surface area contributed by atoms with Crippen LogP contribution in [0.5, 0.6) is 0 Å². The molecule has 1 aromatic carbocycles. The minimum absolute atomic E-state index is 0.281. The van der Waals surface area contributed by atoms with Crippen molar-refractivity contribution >= 4 is 38.9 Å². The lowest BCUT2D eigenvalue weighted by atomic mass is 10.2. The normalized spacial score (nSPS) is 10.3. The van der Waals surface area contributed by atoms with E-state index in [1.807, 2.05) is 11.4 Å². The topological polar surface area (TPSA) is 38.3 Å². The molecule has 0 radical (unpaired) electrons. The van der Waals surface area contributed by atoms with Crippen LogP contribution in [-0.2, 0) is 11.3 Å². The number of rotatable bonds is 4. The van der Waals surface area contributed by atoms with Crippen LogP contribution in [0, 0.1) is 5.82 Å². The third kappa shape index (κ3) is 3.33. The molecular formula is C13H11BrFNO2S. The van der Waals surface area contributed by atoms with Gasteiger partial charge in [-0.15, -0.1) is 11.3 Å². The number of nitrogens with one attached hydrogen (secondary N) is 1. The molecule has 19 heavy (non-hydrogen) atoms. The van der Waals surface area contributed by atoms with Crippen molar-refractivity contribution in [3.05, 3.63) is 50.4 Å². The highest BCUT2D eigenvalue weighted by Gasteiger charge is 2.10. The molecule has 0 saturated carbocycles. The van der Waals surface area contributed by atoms with Crippen molar-refractivity contribution < 1.29 is 13.9 Å². The van der Waals surface area contributed by atoms with Gasteiger partial charge in [-0.3, -0.25) is 0 Å². The van der Waals surface area contributed by atoms with Crippen molar-refractivity contribution in [1.82, 2.24) is 0 Å².